The average Bonchev–Trinajstić information content (AvgIpc) is 3.37. The second-order valence-electron chi connectivity index (χ2n) is 8.93. The molecule has 0 bridgehead atoms. The largest absolute Gasteiger partial charge is 0.478 e. The van der Waals surface area contributed by atoms with Crippen molar-refractivity contribution < 1.29 is 19.5 Å². The number of nitrogens with zero attached hydrogens (tertiary/aromatic N) is 1. The summed E-state index contributed by atoms with van der Waals surface area (Å²) in [5, 5.41) is 9.98. The number of aromatic nitrogens is 2. The lowest BCUT2D eigenvalue weighted by Crippen LogP contribution is -3.10. The summed E-state index contributed by atoms with van der Waals surface area (Å²) in [5.41, 5.74) is 7.10. The molecule has 168 valence electrons. The van der Waals surface area contributed by atoms with Crippen LogP contribution in [-0.4, -0.2) is 27.1 Å². The second-order valence-corrected chi connectivity index (χ2v) is 9.33. The van der Waals surface area contributed by atoms with Crippen molar-refractivity contribution in [3.05, 3.63) is 75.8 Å². The minimum atomic E-state index is -0.994. The van der Waals surface area contributed by atoms with Crippen LogP contribution < -0.4 is 9.64 Å². The highest BCUT2D eigenvalue weighted by atomic mass is 35.5. The van der Waals surface area contributed by atoms with Crippen molar-refractivity contribution in [3.63, 3.8) is 0 Å². The Bertz CT molecular complexity index is 1390. The number of hydrogen-bond donors (Lipinski definition) is 3. The number of aryl methyl sites for hydroxylation is 1. The van der Waals surface area contributed by atoms with Gasteiger partial charge >= 0.3 is 5.97 Å². The second kappa shape index (κ2) is 8.21. The molecule has 0 fully saturated rings. The van der Waals surface area contributed by atoms with Gasteiger partial charge in [0.15, 0.2) is 0 Å². The SMILES string of the molecule is Cc1ccc(Oc2nc3cc(-c4ccc5c(c4)C[NH+](C(C)C)C5)c(Cl)cc3[nH]2)cc1C(=O)O. The fourth-order valence-corrected chi connectivity index (χ4v) is 4.65. The smallest absolute Gasteiger partial charge is 0.336 e. The summed E-state index contributed by atoms with van der Waals surface area (Å²) < 4.78 is 5.81. The van der Waals surface area contributed by atoms with Gasteiger partial charge in [-0.2, -0.15) is 4.98 Å². The van der Waals surface area contributed by atoms with Gasteiger partial charge in [0, 0.05) is 16.7 Å². The maximum Gasteiger partial charge on any atom is 0.336 e. The molecule has 1 aromatic heterocycles. The number of carbonyl (C=O) groups is 1. The normalized spacial score (nSPS) is 15.2. The first kappa shape index (κ1) is 21.5. The van der Waals surface area contributed by atoms with Crippen molar-refractivity contribution in [1.29, 1.82) is 0 Å². The minimum absolute atomic E-state index is 0.198. The van der Waals surface area contributed by atoms with Crippen molar-refractivity contribution in [3.8, 4) is 22.9 Å². The third kappa shape index (κ3) is 4.08. The summed E-state index contributed by atoms with van der Waals surface area (Å²) in [5.74, 6) is -0.592. The number of benzene rings is 3. The van der Waals surface area contributed by atoms with Crippen LogP contribution in [0.3, 0.4) is 0 Å². The van der Waals surface area contributed by atoms with E-state index >= 15 is 0 Å². The van der Waals surface area contributed by atoms with Crippen LogP contribution in [0.15, 0.2) is 48.5 Å². The molecule has 0 radical (unpaired) electrons. The summed E-state index contributed by atoms with van der Waals surface area (Å²) in [6.45, 7) is 8.34. The summed E-state index contributed by atoms with van der Waals surface area (Å²) in [6, 6.07) is 16.2. The highest BCUT2D eigenvalue weighted by Gasteiger charge is 2.25. The summed E-state index contributed by atoms with van der Waals surface area (Å²) >= 11 is 6.65. The minimum Gasteiger partial charge on any atom is -0.478 e. The standard InChI is InChI=1S/C26H24ClN3O3/c1-14(2)30-12-17-6-5-16(8-18(17)13-30)21-10-23-24(11-22(21)27)29-26(28-23)33-19-7-4-15(3)20(9-19)25(31)32/h4-11,14H,12-13H2,1-3H3,(H,28,29)(H,31,32)/p+1. The summed E-state index contributed by atoms with van der Waals surface area (Å²) in [4.78, 5) is 20.6. The van der Waals surface area contributed by atoms with Crippen LogP contribution in [0, 0.1) is 6.92 Å². The maximum atomic E-state index is 11.4. The summed E-state index contributed by atoms with van der Waals surface area (Å²) in [6.07, 6.45) is 0. The van der Waals surface area contributed by atoms with Gasteiger partial charge in [0.2, 0.25) is 0 Å². The van der Waals surface area contributed by atoms with Crippen LogP contribution >= 0.6 is 11.6 Å². The zero-order chi connectivity index (χ0) is 23.3. The number of imidazole rings is 1. The first-order valence-corrected chi connectivity index (χ1v) is 11.3. The number of H-pyrrole nitrogens is 1. The molecule has 2 heterocycles. The van der Waals surface area contributed by atoms with Gasteiger partial charge in [0.25, 0.3) is 6.01 Å². The highest BCUT2D eigenvalue weighted by Crippen LogP contribution is 2.34. The number of hydrogen-bond acceptors (Lipinski definition) is 3. The molecule has 0 saturated heterocycles. The lowest BCUT2D eigenvalue weighted by Gasteiger charge is -2.16. The molecule has 1 aliphatic rings. The van der Waals surface area contributed by atoms with Crippen LogP contribution in [0.25, 0.3) is 22.2 Å². The van der Waals surface area contributed by atoms with E-state index in [0.717, 1.165) is 35.2 Å². The van der Waals surface area contributed by atoms with Gasteiger partial charge in [-0.05, 0) is 62.2 Å². The average molecular weight is 463 g/mol. The predicted octanol–water partition coefficient (Wildman–Crippen LogP) is 4.99. The van der Waals surface area contributed by atoms with Gasteiger partial charge in [0.05, 0.1) is 27.7 Å². The van der Waals surface area contributed by atoms with E-state index in [1.807, 2.05) is 12.1 Å². The first-order chi connectivity index (χ1) is 15.8. The maximum absolute atomic E-state index is 11.4. The number of aromatic amines is 1. The third-order valence-electron chi connectivity index (χ3n) is 6.37. The van der Waals surface area contributed by atoms with E-state index in [0.29, 0.717) is 22.4 Å². The van der Waals surface area contributed by atoms with Gasteiger partial charge in [-0.25, -0.2) is 4.79 Å². The number of rotatable bonds is 5. The topological polar surface area (TPSA) is 79.7 Å². The summed E-state index contributed by atoms with van der Waals surface area (Å²) in [7, 11) is 0. The van der Waals surface area contributed by atoms with Gasteiger partial charge in [-0.3, -0.25) is 0 Å². The Morgan fingerprint density at radius 1 is 1.12 bits per heavy atom. The lowest BCUT2D eigenvalue weighted by atomic mass is 10.00. The van der Waals surface area contributed by atoms with Gasteiger partial charge in [-0.15, -0.1) is 0 Å². The molecule has 3 aromatic carbocycles. The lowest BCUT2D eigenvalue weighted by molar-refractivity contribution is -0.941. The van der Waals surface area contributed by atoms with Crippen LogP contribution in [0.1, 0.15) is 40.9 Å². The van der Waals surface area contributed by atoms with E-state index in [1.54, 1.807) is 24.0 Å². The Morgan fingerprint density at radius 3 is 2.67 bits per heavy atom. The van der Waals surface area contributed by atoms with E-state index in [4.69, 9.17) is 16.3 Å². The Hall–Kier alpha value is -3.35. The predicted molar refractivity (Wildman–Crippen MR) is 128 cm³/mol. The number of quaternary nitrogens is 1. The van der Waals surface area contributed by atoms with Crippen LogP contribution in [0.2, 0.25) is 5.02 Å². The molecule has 1 aliphatic heterocycles. The Kier molecular flexibility index (Phi) is 5.35. The molecule has 3 N–H and O–H groups in total. The quantitative estimate of drug-likeness (QED) is 0.390. The number of ether oxygens (including phenoxy) is 1. The first-order valence-electron chi connectivity index (χ1n) is 11.0. The molecule has 0 spiro atoms. The number of nitrogens with one attached hydrogen (secondary N) is 2. The van der Waals surface area contributed by atoms with Crippen molar-refractivity contribution in [2.75, 3.05) is 0 Å². The molecule has 1 unspecified atom stereocenters. The molecule has 5 rings (SSSR count). The monoisotopic (exact) mass is 462 g/mol. The molecule has 4 aromatic rings. The number of fused-ring (bicyclic) bond motifs is 2. The van der Waals surface area contributed by atoms with E-state index < -0.39 is 5.97 Å². The number of carboxylic acids is 1. The van der Waals surface area contributed by atoms with Crippen LogP contribution in [0.4, 0.5) is 0 Å². The molecule has 0 amide bonds. The number of aromatic carboxylic acids is 1. The van der Waals surface area contributed by atoms with E-state index in [1.165, 1.54) is 17.2 Å². The Morgan fingerprint density at radius 2 is 1.91 bits per heavy atom. The van der Waals surface area contributed by atoms with E-state index in [2.05, 4.69) is 42.0 Å². The molecular formula is C26H25ClN3O3+. The number of carboxylic acid groups (broad SMARTS) is 1. The fourth-order valence-electron chi connectivity index (χ4n) is 4.37. The third-order valence-corrected chi connectivity index (χ3v) is 6.68. The van der Waals surface area contributed by atoms with Gasteiger partial charge in [0.1, 0.15) is 18.8 Å². The Balaban J connectivity index is 1.46. The van der Waals surface area contributed by atoms with Crippen molar-refractivity contribution in [1.82, 2.24) is 9.97 Å². The van der Waals surface area contributed by atoms with Gasteiger partial charge in [-0.1, -0.05) is 29.8 Å². The van der Waals surface area contributed by atoms with E-state index in [-0.39, 0.29) is 11.6 Å². The molecule has 0 aliphatic carbocycles. The fraction of sp³-hybridized carbons (Fsp3) is 0.231. The molecule has 7 heteroatoms. The molecule has 6 nitrogen and oxygen atoms in total. The van der Waals surface area contributed by atoms with Crippen molar-refractivity contribution in [2.24, 2.45) is 0 Å². The van der Waals surface area contributed by atoms with E-state index in [9.17, 15) is 9.90 Å². The van der Waals surface area contributed by atoms with Crippen LogP contribution in [0.5, 0.6) is 11.8 Å². The zero-order valence-corrected chi connectivity index (χ0v) is 19.5. The van der Waals surface area contributed by atoms with Gasteiger partial charge < -0.3 is 19.7 Å². The Labute approximate surface area is 196 Å². The molecule has 33 heavy (non-hydrogen) atoms. The molecule has 1 atom stereocenters. The zero-order valence-electron chi connectivity index (χ0n) is 18.7. The number of halogens is 1. The highest BCUT2D eigenvalue weighted by molar-refractivity contribution is 6.34. The van der Waals surface area contributed by atoms with Crippen LogP contribution in [-0.2, 0) is 13.1 Å². The van der Waals surface area contributed by atoms with Crippen molar-refractivity contribution in [2.45, 2.75) is 39.9 Å². The molecular weight excluding hydrogens is 438 g/mol. The molecule has 0 saturated carbocycles. The van der Waals surface area contributed by atoms with Crippen molar-refractivity contribution >= 4 is 28.6 Å².